The van der Waals surface area contributed by atoms with Crippen LogP contribution < -0.4 is 10.2 Å². The van der Waals surface area contributed by atoms with E-state index in [0.29, 0.717) is 10.7 Å². The van der Waals surface area contributed by atoms with Crippen LogP contribution in [0.2, 0.25) is 0 Å². The molecule has 0 heterocycles. The number of amides is 1. The van der Waals surface area contributed by atoms with Crippen LogP contribution in [0.15, 0.2) is 59.1 Å². The lowest BCUT2D eigenvalue weighted by Gasteiger charge is -2.20. The number of halogens is 1. The number of nitrogens with zero attached hydrogens (tertiary/aromatic N) is 1. The molecule has 2 aromatic rings. The van der Waals surface area contributed by atoms with Gasteiger partial charge in [-0.3, -0.25) is 10.1 Å². The number of para-hydroxylation sites is 1. The lowest BCUT2D eigenvalue weighted by molar-refractivity contribution is 0.0976. The van der Waals surface area contributed by atoms with Crippen molar-refractivity contribution in [3.8, 4) is 0 Å². The Hall–Kier alpha value is -1.72. The molecule has 20 heavy (non-hydrogen) atoms. The highest BCUT2D eigenvalue weighted by Crippen LogP contribution is 2.16. The number of anilines is 1. The second kappa shape index (κ2) is 6.63. The van der Waals surface area contributed by atoms with Crippen molar-refractivity contribution < 1.29 is 4.79 Å². The Morgan fingerprint density at radius 1 is 1.10 bits per heavy atom. The third kappa shape index (κ3) is 3.43. The first-order valence-corrected chi connectivity index (χ1v) is 7.18. The Balaban J connectivity index is 2.09. The highest BCUT2D eigenvalue weighted by atomic mass is 79.9. The minimum Gasteiger partial charge on any atom is -0.322 e. The molecule has 2 rings (SSSR count). The SMILES string of the molecule is CN(C(=S)NC(=O)c1ccccc1Br)c1ccccc1. The van der Waals surface area contributed by atoms with Gasteiger partial charge < -0.3 is 4.90 Å². The van der Waals surface area contributed by atoms with Gasteiger partial charge in [0.05, 0.1) is 5.56 Å². The van der Waals surface area contributed by atoms with Gasteiger partial charge >= 0.3 is 0 Å². The van der Waals surface area contributed by atoms with E-state index in [0.717, 1.165) is 10.2 Å². The largest absolute Gasteiger partial charge is 0.322 e. The van der Waals surface area contributed by atoms with Gasteiger partial charge in [0.2, 0.25) is 0 Å². The number of hydrogen-bond donors (Lipinski definition) is 1. The summed E-state index contributed by atoms with van der Waals surface area (Å²) in [5.41, 5.74) is 1.47. The van der Waals surface area contributed by atoms with Gasteiger partial charge in [-0.25, -0.2) is 0 Å². The molecule has 0 atom stereocenters. The van der Waals surface area contributed by atoms with Gasteiger partial charge in [-0.2, -0.15) is 0 Å². The molecule has 1 N–H and O–H groups in total. The zero-order valence-electron chi connectivity index (χ0n) is 10.8. The number of carbonyl (C=O) groups excluding carboxylic acids is 1. The predicted octanol–water partition coefficient (Wildman–Crippen LogP) is 3.60. The molecule has 1 amide bonds. The summed E-state index contributed by atoms with van der Waals surface area (Å²) in [7, 11) is 1.82. The standard InChI is InChI=1S/C15H13BrN2OS/c1-18(11-7-3-2-4-8-11)15(20)17-14(19)12-9-5-6-10-13(12)16/h2-10H,1H3,(H,17,19,20). The van der Waals surface area contributed by atoms with E-state index in [2.05, 4.69) is 21.2 Å². The van der Waals surface area contributed by atoms with E-state index in [9.17, 15) is 4.79 Å². The summed E-state index contributed by atoms with van der Waals surface area (Å²) >= 11 is 8.61. The molecule has 0 radical (unpaired) electrons. The molecule has 0 aliphatic heterocycles. The molecule has 3 nitrogen and oxygen atoms in total. The molecule has 0 saturated carbocycles. The quantitative estimate of drug-likeness (QED) is 0.841. The second-order valence-corrected chi connectivity index (χ2v) is 5.37. The Morgan fingerprint density at radius 3 is 2.35 bits per heavy atom. The smallest absolute Gasteiger partial charge is 0.258 e. The van der Waals surface area contributed by atoms with Gasteiger partial charge in [-0.05, 0) is 52.4 Å². The molecule has 0 bridgehead atoms. The van der Waals surface area contributed by atoms with E-state index in [4.69, 9.17) is 12.2 Å². The van der Waals surface area contributed by atoms with E-state index >= 15 is 0 Å². The summed E-state index contributed by atoms with van der Waals surface area (Å²) in [4.78, 5) is 13.9. The van der Waals surface area contributed by atoms with Crippen molar-refractivity contribution in [3.05, 3.63) is 64.6 Å². The van der Waals surface area contributed by atoms with E-state index in [1.165, 1.54) is 0 Å². The molecule has 2 aromatic carbocycles. The Bertz CT molecular complexity index is 631. The number of benzene rings is 2. The molecule has 0 unspecified atom stereocenters. The molecule has 102 valence electrons. The summed E-state index contributed by atoms with van der Waals surface area (Å²) in [6.45, 7) is 0. The number of nitrogens with one attached hydrogen (secondary N) is 1. The van der Waals surface area contributed by atoms with Crippen molar-refractivity contribution in [2.24, 2.45) is 0 Å². The topological polar surface area (TPSA) is 32.3 Å². The van der Waals surface area contributed by atoms with Gasteiger partial charge in [0.15, 0.2) is 5.11 Å². The maximum absolute atomic E-state index is 12.2. The van der Waals surface area contributed by atoms with Crippen molar-refractivity contribution in [1.29, 1.82) is 0 Å². The molecule has 0 aliphatic rings. The van der Waals surface area contributed by atoms with Gasteiger partial charge in [0.25, 0.3) is 5.91 Å². The molecular formula is C15H13BrN2OS. The van der Waals surface area contributed by atoms with E-state index < -0.39 is 0 Å². The predicted molar refractivity (Wildman–Crippen MR) is 89.1 cm³/mol. The van der Waals surface area contributed by atoms with Gasteiger partial charge in [-0.1, -0.05) is 30.3 Å². The number of rotatable bonds is 2. The molecule has 0 aliphatic carbocycles. The van der Waals surface area contributed by atoms with Crippen molar-refractivity contribution in [2.45, 2.75) is 0 Å². The van der Waals surface area contributed by atoms with Crippen LogP contribution in [0.3, 0.4) is 0 Å². The fraction of sp³-hybridized carbons (Fsp3) is 0.0667. The fourth-order valence-electron chi connectivity index (χ4n) is 1.66. The average Bonchev–Trinajstić information content (AvgIpc) is 2.47. The zero-order valence-corrected chi connectivity index (χ0v) is 13.2. The second-order valence-electron chi connectivity index (χ2n) is 4.13. The van der Waals surface area contributed by atoms with Crippen molar-refractivity contribution in [3.63, 3.8) is 0 Å². The maximum Gasteiger partial charge on any atom is 0.258 e. The Kier molecular flexibility index (Phi) is 4.87. The van der Waals surface area contributed by atoms with E-state index in [1.807, 2.05) is 55.6 Å². The normalized spacial score (nSPS) is 9.90. The minimum absolute atomic E-state index is 0.231. The fourth-order valence-corrected chi connectivity index (χ4v) is 2.33. The minimum atomic E-state index is -0.231. The highest BCUT2D eigenvalue weighted by Gasteiger charge is 2.13. The molecule has 5 heteroatoms. The summed E-state index contributed by atoms with van der Waals surface area (Å²) in [6, 6.07) is 16.9. The van der Waals surface area contributed by atoms with Gasteiger partial charge in [-0.15, -0.1) is 0 Å². The van der Waals surface area contributed by atoms with Crippen LogP contribution in [0.1, 0.15) is 10.4 Å². The Morgan fingerprint density at radius 2 is 1.70 bits per heavy atom. The summed E-state index contributed by atoms with van der Waals surface area (Å²) < 4.78 is 0.739. The molecule has 0 saturated heterocycles. The summed E-state index contributed by atoms with van der Waals surface area (Å²) in [6.07, 6.45) is 0. The lowest BCUT2D eigenvalue weighted by atomic mass is 10.2. The van der Waals surface area contributed by atoms with Crippen LogP contribution in [-0.2, 0) is 0 Å². The van der Waals surface area contributed by atoms with E-state index in [-0.39, 0.29) is 5.91 Å². The number of carbonyl (C=O) groups is 1. The first kappa shape index (κ1) is 14.7. The van der Waals surface area contributed by atoms with Crippen LogP contribution in [-0.4, -0.2) is 18.1 Å². The summed E-state index contributed by atoms with van der Waals surface area (Å²) in [5.74, 6) is -0.231. The van der Waals surface area contributed by atoms with Crippen molar-refractivity contribution in [1.82, 2.24) is 5.32 Å². The monoisotopic (exact) mass is 348 g/mol. The number of thiocarbonyl (C=S) groups is 1. The third-order valence-corrected chi connectivity index (χ3v) is 3.85. The molecule has 0 fully saturated rings. The van der Waals surface area contributed by atoms with Gasteiger partial charge in [0, 0.05) is 17.2 Å². The average molecular weight is 349 g/mol. The van der Waals surface area contributed by atoms with Crippen LogP contribution in [0, 0.1) is 0 Å². The third-order valence-electron chi connectivity index (χ3n) is 2.79. The first-order valence-electron chi connectivity index (χ1n) is 5.98. The number of hydrogen-bond acceptors (Lipinski definition) is 2. The zero-order chi connectivity index (χ0) is 14.5. The molecule has 0 spiro atoms. The van der Waals surface area contributed by atoms with Crippen LogP contribution >= 0.6 is 28.1 Å². The lowest BCUT2D eigenvalue weighted by Crippen LogP contribution is -2.40. The van der Waals surface area contributed by atoms with Crippen LogP contribution in [0.5, 0.6) is 0 Å². The van der Waals surface area contributed by atoms with Gasteiger partial charge in [0.1, 0.15) is 0 Å². The Labute approximate surface area is 131 Å². The highest BCUT2D eigenvalue weighted by molar-refractivity contribution is 9.10. The van der Waals surface area contributed by atoms with E-state index in [1.54, 1.807) is 11.0 Å². The van der Waals surface area contributed by atoms with Crippen LogP contribution in [0.4, 0.5) is 5.69 Å². The van der Waals surface area contributed by atoms with Crippen LogP contribution in [0.25, 0.3) is 0 Å². The molecular weight excluding hydrogens is 336 g/mol. The first-order chi connectivity index (χ1) is 9.59. The summed E-state index contributed by atoms with van der Waals surface area (Å²) in [5, 5.41) is 3.08. The van der Waals surface area contributed by atoms with Crippen molar-refractivity contribution in [2.75, 3.05) is 11.9 Å². The van der Waals surface area contributed by atoms with Crippen molar-refractivity contribution >= 4 is 44.9 Å². The molecule has 0 aromatic heterocycles. The maximum atomic E-state index is 12.2.